The lowest BCUT2D eigenvalue weighted by Crippen LogP contribution is -2.47. The summed E-state index contributed by atoms with van der Waals surface area (Å²) in [5.41, 5.74) is 19.7. The Labute approximate surface area is 211 Å². The maximum absolute atomic E-state index is 13.3. The van der Waals surface area contributed by atoms with Gasteiger partial charge in [0, 0.05) is 36.4 Å². The molecule has 0 radical (unpaired) electrons. The van der Waals surface area contributed by atoms with E-state index in [2.05, 4.69) is 34.5 Å². The van der Waals surface area contributed by atoms with E-state index >= 15 is 0 Å². The predicted molar refractivity (Wildman–Crippen MR) is 140 cm³/mol. The van der Waals surface area contributed by atoms with E-state index < -0.39 is 0 Å². The van der Waals surface area contributed by atoms with Crippen molar-refractivity contribution in [3.8, 4) is 11.5 Å². The second-order valence-electron chi connectivity index (χ2n) is 8.62. The van der Waals surface area contributed by atoms with Gasteiger partial charge < -0.3 is 20.9 Å². The number of amides is 1. The minimum Gasteiger partial charge on any atom is -0.493 e. The summed E-state index contributed by atoms with van der Waals surface area (Å²) >= 11 is 0. The highest BCUT2D eigenvalue weighted by Crippen LogP contribution is 2.35. The molecule has 3 aromatic rings. The third kappa shape index (κ3) is 5.26. The molecule has 0 aliphatic carbocycles. The lowest BCUT2D eigenvalue weighted by molar-refractivity contribution is -0.133. The number of rotatable bonds is 8. The standard InChI is InChI=1S/C27H32N6O3/c1-4-7-22-21-9-6-5-8-19(21)16-31-33(22)24(34)11-10-18-12-17(14-23(35-2)25(18)36-3)13-20-15-30-27(29)32-26(20)28/h5-6,8-12,14-15,22,31H,4,7,13,16H2,1-3H3,(H4,28,29,30,32)/b11-10+/t22-/m0/s1. The van der Waals surface area contributed by atoms with E-state index in [-0.39, 0.29) is 17.9 Å². The molecule has 1 aliphatic rings. The number of nitrogen functional groups attached to an aromatic ring is 2. The van der Waals surface area contributed by atoms with E-state index in [1.807, 2.05) is 24.3 Å². The number of nitrogens with two attached hydrogens (primary N) is 2. The number of fused-ring (bicyclic) bond motifs is 1. The number of carbonyl (C=O) groups is 1. The van der Waals surface area contributed by atoms with Gasteiger partial charge in [0.1, 0.15) is 5.82 Å². The third-order valence-corrected chi connectivity index (χ3v) is 6.25. The van der Waals surface area contributed by atoms with Gasteiger partial charge in [-0.3, -0.25) is 9.80 Å². The fourth-order valence-electron chi connectivity index (χ4n) is 4.54. The monoisotopic (exact) mass is 488 g/mol. The van der Waals surface area contributed by atoms with Crippen LogP contribution in [0, 0.1) is 0 Å². The van der Waals surface area contributed by atoms with Crippen molar-refractivity contribution in [3.63, 3.8) is 0 Å². The molecule has 1 aliphatic heterocycles. The summed E-state index contributed by atoms with van der Waals surface area (Å²) < 4.78 is 11.2. The Hall–Kier alpha value is -4.11. The van der Waals surface area contributed by atoms with Crippen molar-refractivity contribution in [2.24, 2.45) is 0 Å². The molecule has 2 heterocycles. The van der Waals surface area contributed by atoms with Gasteiger partial charge >= 0.3 is 0 Å². The quantitative estimate of drug-likeness (QED) is 0.410. The van der Waals surface area contributed by atoms with Gasteiger partial charge in [-0.2, -0.15) is 4.98 Å². The molecule has 2 aromatic carbocycles. The molecule has 9 nitrogen and oxygen atoms in total. The minimum atomic E-state index is -0.134. The number of anilines is 2. The van der Waals surface area contributed by atoms with Crippen LogP contribution in [-0.2, 0) is 17.8 Å². The fraction of sp³-hybridized carbons (Fsp3) is 0.296. The molecule has 36 heavy (non-hydrogen) atoms. The van der Waals surface area contributed by atoms with Crippen LogP contribution in [0.15, 0.2) is 48.7 Å². The molecule has 1 aromatic heterocycles. The van der Waals surface area contributed by atoms with Gasteiger partial charge in [0.2, 0.25) is 5.95 Å². The average molecular weight is 489 g/mol. The normalized spacial score (nSPS) is 15.1. The van der Waals surface area contributed by atoms with Crippen LogP contribution >= 0.6 is 0 Å². The van der Waals surface area contributed by atoms with Crippen LogP contribution in [-0.4, -0.2) is 35.1 Å². The number of hydrogen-bond donors (Lipinski definition) is 3. The van der Waals surface area contributed by atoms with Gasteiger partial charge in [-0.05, 0) is 41.3 Å². The van der Waals surface area contributed by atoms with Crippen LogP contribution < -0.4 is 26.4 Å². The molecule has 0 saturated heterocycles. The Bertz CT molecular complexity index is 1280. The summed E-state index contributed by atoms with van der Waals surface area (Å²) in [6, 6.07) is 12.0. The molecular formula is C27H32N6O3. The number of hydrazine groups is 1. The van der Waals surface area contributed by atoms with Crippen LogP contribution in [0.2, 0.25) is 0 Å². The Morgan fingerprint density at radius 2 is 2.03 bits per heavy atom. The van der Waals surface area contributed by atoms with E-state index in [1.165, 1.54) is 11.1 Å². The first kappa shape index (κ1) is 25.0. The average Bonchev–Trinajstić information content (AvgIpc) is 2.88. The van der Waals surface area contributed by atoms with Crippen LogP contribution in [0.5, 0.6) is 11.5 Å². The topological polar surface area (TPSA) is 129 Å². The minimum absolute atomic E-state index is 0.0339. The number of ether oxygens (including phenoxy) is 2. The van der Waals surface area contributed by atoms with E-state index in [9.17, 15) is 4.79 Å². The highest BCUT2D eigenvalue weighted by Gasteiger charge is 2.29. The van der Waals surface area contributed by atoms with Crippen LogP contribution in [0.4, 0.5) is 11.8 Å². The Morgan fingerprint density at radius 3 is 2.75 bits per heavy atom. The van der Waals surface area contributed by atoms with Gasteiger partial charge in [-0.15, -0.1) is 0 Å². The lowest BCUT2D eigenvalue weighted by atomic mass is 9.94. The number of nitrogens with one attached hydrogen (secondary N) is 1. The van der Waals surface area contributed by atoms with Gasteiger partial charge in [-0.1, -0.05) is 37.6 Å². The van der Waals surface area contributed by atoms with Crippen molar-refractivity contribution in [1.29, 1.82) is 0 Å². The van der Waals surface area contributed by atoms with Crippen LogP contribution in [0.1, 0.15) is 53.6 Å². The summed E-state index contributed by atoms with van der Waals surface area (Å²) in [4.78, 5) is 21.4. The predicted octanol–water partition coefficient (Wildman–Crippen LogP) is 3.65. The first-order chi connectivity index (χ1) is 17.4. The zero-order valence-electron chi connectivity index (χ0n) is 20.8. The molecule has 1 amide bonds. The molecule has 188 valence electrons. The first-order valence-corrected chi connectivity index (χ1v) is 11.9. The summed E-state index contributed by atoms with van der Waals surface area (Å²) in [5.74, 6) is 1.40. The molecular weight excluding hydrogens is 456 g/mol. The highest BCUT2D eigenvalue weighted by atomic mass is 16.5. The molecule has 0 fully saturated rings. The number of nitrogens with zero attached hydrogens (tertiary/aromatic N) is 3. The fourth-order valence-corrected chi connectivity index (χ4v) is 4.54. The number of methoxy groups -OCH3 is 2. The number of carbonyl (C=O) groups excluding carboxylic acids is 1. The van der Waals surface area contributed by atoms with Gasteiger partial charge in [0.15, 0.2) is 11.5 Å². The Kier molecular flexibility index (Phi) is 7.70. The smallest absolute Gasteiger partial charge is 0.261 e. The summed E-state index contributed by atoms with van der Waals surface area (Å²) in [7, 11) is 3.15. The summed E-state index contributed by atoms with van der Waals surface area (Å²) in [5, 5.41) is 1.72. The third-order valence-electron chi connectivity index (χ3n) is 6.25. The maximum atomic E-state index is 13.3. The Balaban J connectivity index is 1.63. The van der Waals surface area contributed by atoms with E-state index in [1.54, 1.807) is 37.6 Å². The summed E-state index contributed by atoms with van der Waals surface area (Å²) in [6.07, 6.45) is 7.21. The van der Waals surface area contributed by atoms with Crippen molar-refractivity contribution in [1.82, 2.24) is 20.4 Å². The molecule has 4 rings (SSSR count). The molecule has 5 N–H and O–H groups in total. The zero-order valence-corrected chi connectivity index (χ0v) is 20.8. The van der Waals surface area contributed by atoms with E-state index in [0.717, 1.165) is 24.0 Å². The van der Waals surface area contributed by atoms with E-state index in [0.29, 0.717) is 35.8 Å². The van der Waals surface area contributed by atoms with Gasteiger partial charge in [0.05, 0.1) is 20.3 Å². The first-order valence-electron chi connectivity index (χ1n) is 11.9. The largest absolute Gasteiger partial charge is 0.493 e. The van der Waals surface area contributed by atoms with Crippen molar-refractivity contribution in [2.75, 3.05) is 25.7 Å². The molecule has 0 unspecified atom stereocenters. The highest BCUT2D eigenvalue weighted by molar-refractivity contribution is 5.92. The summed E-state index contributed by atoms with van der Waals surface area (Å²) in [6.45, 7) is 2.73. The van der Waals surface area contributed by atoms with Crippen molar-refractivity contribution in [2.45, 2.75) is 38.8 Å². The zero-order chi connectivity index (χ0) is 25.7. The Morgan fingerprint density at radius 1 is 1.22 bits per heavy atom. The number of aromatic nitrogens is 2. The van der Waals surface area contributed by atoms with Crippen molar-refractivity contribution >= 4 is 23.7 Å². The van der Waals surface area contributed by atoms with Crippen LogP contribution in [0.25, 0.3) is 6.08 Å². The second-order valence-corrected chi connectivity index (χ2v) is 8.62. The number of benzene rings is 2. The van der Waals surface area contributed by atoms with Crippen molar-refractivity contribution < 1.29 is 14.3 Å². The SMILES string of the molecule is CCC[C@H]1c2ccccc2CNN1C(=O)/C=C/c1cc(Cc2cnc(N)nc2N)cc(OC)c1OC. The van der Waals surface area contributed by atoms with E-state index in [4.69, 9.17) is 20.9 Å². The molecule has 0 bridgehead atoms. The second kappa shape index (κ2) is 11.1. The maximum Gasteiger partial charge on any atom is 0.261 e. The molecule has 0 saturated carbocycles. The molecule has 9 heteroatoms. The van der Waals surface area contributed by atoms with Crippen molar-refractivity contribution in [3.05, 3.63) is 76.5 Å². The molecule has 1 atom stereocenters. The van der Waals surface area contributed by atoms with Gasteiger partial charge in [-0.25, -0.2) is 10.4 Å². The van der Waals surface area contributed by atoms with Gasteiger partial charge in [0.25, 0.3) is 5.91 Å². The lowest BCUT2D eigenvalue weighted by Gasteiger charge is -2.37. The number of hydrogen-bond acceptors (Lipinski definition) is 8. The van der Waals surface area contributed by atoms with Crippen LogP contribution in [0.3, 0.4) is 0 Å². The molecule has 0 spiro atoms.